The number of sulfone groups is 1. The summed E-state index contributed by atoms with van der Waals surface area (Å²) in [5, 5.41) is 5.02. The van der Waals surface area contributed by atoms with E-state index in [-0.39, 0.29) is 28.9 Å². The molecule has 9 heteroatoms. The Kier molecular flexibility index (Phi) is 4.41. The lowest BCUT2D eigenvalue weighted by Gasteiger charge is -2.11. The zero-order chi connectivity index (χ0) is 20.1. The second kappa shape index (κ2) is 6.66. The normalized spacial score (nSPS) is 18.5. The Labute approximate surface area is 161 Å². The van der Waals surface area contributed by atoms with Gasteiger partial charge in [-0.15, -0.1) is 0 Å². The smallest absolute Gasteiger partial charge is 0.338 e. The highest BCUT2D eigenvalue weighted by molar-refractivity contribution is 7.91. The number of rotatable bonds is 3. The summed E-state index contributed by atoms with van der Waals surface area (Å²) in [6, 6.07) is 7.00. The summed E-state index contributed by atoms with van der Waals surface area (Å²) < 4.78 is 43.7. The Morgan fingerprint density at radius 3 is 2.61 bits per heavy atom. The third-order valence-corrected chi connectivity index (χ3v) is 6.69. The number of aryl methyl sites for hydroxylation is 1. The number of methoxy groups -OCH3 is 1. The molecule has 3 aromatic rings. The molecule has 1 aliphatic heterocycles. The second-order valence-corrected chi connectivity index (χ2v) is 9.07. The molecule has 0 N–H and O–H groups in total. The maximum atomic E-state index is 13.3. The molecule has 4 rings (SSSR count). The number of pyridine rings is 1. The Morgan fingerprint density at radius 2 is 2.00 bits per heavy atom. The molecule has 2 aromatic heterocycles. The summed E-state index contributed by atoms with van der Waals surface area (Å²) in [6.07, 6.45) is 0.439. The zero-order valence-corrected chi connectivity index (χ0v) is 16.2. The third kappa shape index (κ3) is 3.15. The van der Waals surface area contributed by atoms with E-state index >= 15 is 0 Å². The number of aromatic nitrogens is 3. The molecular formula is C19H18FN3O4S. The fourth-order valence-electron chi connectivity index (χ4n) is 3.58. The van der Waals surface area contributed by atoms with E-state index in [1.807, 2.05) is 0 Å². The van der Waals surface area contributed by atoms with E-state index < -0.39 is 15.8 Å². The third-order valence-electron chi connectivity index (χ3n) is 4.94. The molecule has 1 aromatic carbocycles. The van der Waals surface area contributed by atoms with Crippen LogP contribution >= 0.6 is 0 Å². The van der Waals surface area contributed by atoms with Crippen molar-refractivity contribution in [3.8, 4) is 11.3 Å². The van der Waals surface area contributed by atoms with Crippen LogP contribution in [0.5, 0.6) is 0 Å². The first kappa shape index (κ1) is 18.5. The van der Waals surface area contributed by atoms with Crippen LogP contribution in [0.4, 0.5) is 4.39 Å². The highest BCUT2D eigenvalue weighted by atomic mass is 32.2. The van der Waals surface area contributed by atoms with Crippen LogP contribution in [0.2, 0.25) is 0 Å². The summed E-state index contributed by atoms with van der Waals surface area (Å²) in [4.78, 5) is 17.0. The molecule has 146 valence electrons. The predicted molar refractivity (Wildman–Crippen MR) is 101 cm³/mol. The monoisotopic (exact) mass is 403 g/mol. The number of esters is 1. The van der Waals surface area contributed by atoms with Crippen molar-refractivity contribution in [2.45, 2.75) is 19.4 Å². The molecule has 1 saturated heterocycles. The van der Waals surface area contributed by atoms with Gasteiger partial charge in [-0.05, 0) is 43.7 Å². The fourth-order valence-corrected chi connectivity index (χ4v) is 5.27. The first-order valence-electron chi connectivity index (χ1n) is 8.73. The van der Waals surface area contributed by atoms with Crippen LogP contribution in [0.15, 0.2) is 30.3 Å². The number of carbonyl (C=O) groups is 1. The lowest BCUT2D eigenvalue weighted by Crippen LogP contribution is -2.13. The van der Waals surface area contributed by atoms with Gasteiger partial charge in [0.25, 0.3) is 0 Å². The van der Waals surface area contributed by atoms with Crippen LogP contribution in [0.3, 0.4) is 0 Å². The maximum absolute atomic E-state index is 13.3. The molecule has 1 fully saturated rings. The number of benzene rings is 1. The summed E-state index contributed by atoms with van der Waals surface area (Å²) in [5.74, 6) is -0.841. The Balaban J connectivity index is 1.96. The lowest BCUT2D eigenvalue weighted by atomic mass is 10.1. The molecule has 3 heterocycles. The highest BCUT2D eigenvalue weighted by Crippen LogP contribution is 2.32. The van der Waals surface area contributed by atoms with Gasteiger partial charge >= 0.3 is 5.97 Å². The average molecular weight is 403 g/mol. The van der Waals surface area contributed by atoms with Crippen LogP contribution in [0, 0.1) is 12.7 Å². The second-order valence-electron chi connectivity index (χ2n) is 6.84. The van der Waals surface area contributed by atoms with Crippen molar-refractivity contribution >= 4 is 26.8 Å². The fraction of sp³-hybridized carbons (Fsp3) is 0.316. The van der Waals surface area contributed by atoms with Gasteiger partial charge in [0, 0.05) is 5.56 Å². The minimum Gasteiger partial charge on any atom is -0.465 e. The van der Waals surface area contributed by atoms with Gasteiger partial charge in [0.05, 0.1) is 47.0 Å². The van der Waals surface area contributed by atoms with Crippen molar-refractivity contribution in [2.24, 2.45) is 0 Å². The van der Waals surface area contributed by atoms with Gasteiger partial charge in [-0.1, -0.05) is 0 Å². The largest absolute Gasteiger partial charge is 0.465 e. The summed E-state index contributed by atoms with van der Waals surface area (Å²) in [7, 11) is -1.84. The molecule has 1 aliphatic rings. The zero-order valence-electron chi connectivity index (χ0n) is 15.3. The predicted octanol–water partition coefficient (Wildman–Crippen LogP) is 2.69. The summed E-state index contributed by atoms with van der Waals surface area (Å²) in [6.45, 7) is 1.74. The molecule has 7 nitrogen and oxygen atoms in total. The van der Waals surface area contributed by atoms with Crippen LogP contribution in [0.1, 0.15) is 28.5 Å². The molecule has 0 amide bonds. The van der Waals surface area contributed by atoms with Gasteiger partial charge in [-0.3, -0.25) is 0 Å². The highest BCUT2D eigenvalue weighted by Gasteiger charge is 2.32. The minimum atomic E-state index is -3.12. The van der Waals surface area contributed by atoms with Crippen molar-refractivity contribution in [2.75, 3.05) is 18.6 Å². The Bertz CT molecular complexity index is 1190. The van der Waals surface area contributed by atoms with Crippen molar-refractivity contribution in [1.82, 2.24) is 14.8 Å². The maximum Gasteiger partial charge on any atom is 0.338 e. The molecule has 1 atom stereocenters. The van der Waals surface area contributed by atoms with Gasteiger partial charge < -0.3 is 4.74 Å². The first-order chi connectivity index (χ1) is 13.3. The van der Waals surface area contributed by atoms with Gasteiger partial charge in [0.2, 0.25) is 0 Å². The number of nitrogens with zero attached hydrogens (tertiary/aromatic N) is 3. The molecule has 0 spiro atoms. The molecule has 28 heavy (non-hydrogen) atoms. The van der Waals surface area contributed by atoms with E-state index in [0.717, 1.165) is 0 Å². The summed E-state index contributed by atoms with van der Waals surface area (Å²) >= 11 is 0. The quantitative estimate of drug-likeness (QED) is 0.625. The topological polar surface area (TPSA) is 91.2 Å². The van der Waals surface area contributed by atoms with Gasteiger partial charge in [0.15, 0.2) is 15.5 Å². The van der Waals surface area contributed by atoms with Crippen LogP contribution in [-0.2, 0) is 14.6 Å². The Hall–Kier alpha value is -2.81. The lowest BCUT2D eigenvalue weighted by molar-refractivity contribution is 0.0603. The Morgan fingerprint density at radius 1 is 1.29 bits per heavy atom. The van der Waals surface area contributed by atoms with E-state index in [0.29, 0.717) is 34.4 Å². The van der Waals surface area contributed by atoms with Crippen LogP contribution in [0.25, 0.3) is 22.3 Å². The van der Waals surface area contributed by atoms with Crippen molar-refractivity contribution in [3.63, 3.8) is 0 Å². The van der Waals surface area contributed by atoms with Crippen molar-refractivity contribution in [3.05, 3.63) is 47.4 Å². The van der Waals surface area contributed by atoms with E-state index in [1.165, 1.54) is 19.2 Å². The summed E-state index contributed by atoms with van der Waals surface area (Å²) in [5.41, 5.74) is 2.35. The number of fused-ring (bicyclic) bond motifs is 1. The molecule has 1 unspecified atom stereocenters. The standard InChI is InChI=1S/C19H18FN3O4S/c1-11-17-15(19(24)27-2)9-16(12-3-5-13(20)6-4-12)21-18(17)23(22-11)14-7-8-28(25,26)10-14/h3-6,9,14H,7-8,10H2,1-2H3. The first-order valence-corrected chi connectivity index (χ1v) is 10.6. The number of carbonyl (C=O) groups excluding carboxylic acids is 1. The molecule has 0 aliphatic carbocycles. The number of hydrogen-bond donors (Lipinski definition) is 0. The molecular weight excluding hydrogens is 385 g/mol. The minimum absolute atomic E-state index is 0.0146. The van der Waals surface area contributed by atoms with Crippen molar-refractivity contribution < 1.29 is 22.3 Å². The van der Waals surface area contributed by atoms with E-state index in [9.17, 15) is 17.6 Å². The number of halogens is 1. The van der Waals surface area contributed by atoms with Crippen LogP contribution < -0.4 is 0 Å². The van der Waals surface area contributed by atoms with Crippen molar-refractivity contribution in [1.29, 1.82) is 0 Å². The van der Waals surface area contributed by atoms with Gasteiger partial charge in [-0.25, -0.2) is 27.3 Å². The van der Waals surface area contributed by atoms with E-state index in [1.54, 1.807) is 29.8 Å². The number of hydrogen-bond acceptors (Lipinski definition) is 6. The van der Waals surface area contributed by atoms with E-state index in [2.05, 4.69) is 10.1 Å². The van der Waals surface area contributed by atoms with Gasteiger partial charge in [0.1, 0.15) is 5.82 Å². The number of ether oxygens (including phenoxy) is 1. The van der Waals surface area contributed by atoms with E-state index in [4.69, 9.17) is 4.74 Å². The SMILES string of the molecule is COC(=O)c1cc(-c2ccc(F)cc2)nc2c1c(C)nn2C1CCS(=O)(=O)C1. The van der Waals surface area contributed by atoms with Gasteiger partial charge in [-0.2, -0.15) is 5.10 Å². The average Bonchev–Trinajstić information content (AvgIpc) is 3.20. The molecule has 0 bridgehead atoms. The molecule has 0 saturated carbocycles. The van der Waals surface area contributed by atoms with Crippen LogP contribution in [-0.4, -0.2) is 47.8 Å². The molecule has 0 radical (unpaired) electrons.